The molecule has 1 aliphatic rings. The number of nitrogens with zero attached hydrogens (tertiary/aromatic N) is 1. The van der Waals surface area contributed by atoms with Crippen molar-refractivity contribution in [2.45, 2.75) is 24.2 Å². The van der Waals surface area contributed by atoms with Crippen LogP contribution in [0.15, 0.2) is 29.2 Å². The molecule has 0 spiro atoms. The second-order valence-electron chi connectivity index (χ2n) is 5.02. The summed E-state index contributed by atoms with van der Waals surface area (Å²) >= 11 is 0. The molecular weight excluding hydrogens is 284 g/mol. The molecule has 0 atom stereocenters. The fraction of sp³-hybridized carbons (Fsp3) is 0.500. The van der Waals surface area contributed by atoms with Crippen molar-refractivity contribution in [1.29, 1.82) is 0 Å². The van der Waals surface area contributed by atoms with Crippen LogP contribution in [0.25, 0.3) is 0 Å². The van der Waals surface area contributed by atoms with Gasteiger partial charge in [-0.2, -0.15) is 0 Å². The number of nitro groups is 1. The van der Waals surface area contributed by atoms with E-state index >= 15 is 0 Å². The highest BCUT2D eigenvalue weighted by atomic mass is 32.2. The number of para-hydroxylation sites is 1. The normalized spacial score (nSPS) is 16.9. The molecule has 1 fully saturated rings. The van der Waals surface area contributed by atoms with E-state index in [1.54, 1.807) is 0 Å². The zero-order valence-corrected chi connectivity index (χ0v) is 11.6. The van der Waals surface area contributed by atoms with Gasteiger partial charge in [-0.05, 0) is 30.7 Å². The lowest BCUT2D eigenvalue weighted by Gasteiger charge is -2.14. The molecule has 0 amide bonds. The number of benzene rings is 1. The van der Waals surface area contributed by atoms with Crippen LogP contribution < -0.4 is 4.72 Å². The van der Waals surface area contributed by atoms with Gasteiger partial charge < -0.3 is 5.11 Å². The molecule has 0 saturated heterocycles. The molecule has 0 heterocycles. The Morgan fingerprint density at radius 1 is 1.35 bits per heavy atom. The lowest BCUT2D eigenvalue weighted by molar-refractivity contribution is -0.387. The number of hydrogen-bond donors (Lipinski definition) is 2. The summed E-state index contributed by atoms with van der Waals surface area (Å²) in [6, 6.07) is 5.24. The third kappa shape index (κ3) is 3.14. The Hall–Kier alpha value is -1.51. The largest absolute Gasteiger partial charge is 0.396 e. The molecule has 0 aliphatic heterocycles. The Kier molecular flexibility index (Phi) is 4.07. The molecule has 2 rings (SSSR count). The molecule has 1 aromatic carbocycles. The molecule has 7 nitrogen and oxygen atoms in total. The first-order valence-corrected chi connectivity index (χ1v) is 7.72. The zero-order valence-electron chi connectivity index (χ0n) is 10.8. The van der Waals surface area contributed by atoms with Crippen LogP contribution in [-0.2, 0) is 10.0 Å². The summed E-state index contributed by atoms with van der Waals surface area (Å²) in [5.41, 5.74) is -0.627. The van der Waals surface area contributed by atoms with E-state index in [0.717, 1.165) is 18.9 Å². The molecule has 20 heavy (non-hydrogen) atoms. The van der Waals surface area contributed by atoms with Crippen molar-refractivity contribution in [3.63, 3.8) is 0 Å². The monoisotopic (exact) mass is 300 g/mol. The summed E-state index contributed by atoms with van der Waals surface area (Å²) in [5, 5.41) is 19.8. The molecule has 2 N–H and O–H groups in total. The summed E-state index contributed by atoms with van der Waals surface area (Å²) < 4.78 is 26.7. The van der Waals surface area contributed by atoms with E-state index in [4.69, 9.17) is 5.11 Å². The van der Waals surface area contributed by atoms with Gasteiger partial charge in [0.1, 0.15) is 0 Å². The van der Waals surface area contributed by atoms with Crippen molar-refractivity contribution in [2.24, 2.45) is 5.41 Å². The first-order chi connectivity index (χ1) is 9.40. The van der Waals surface area contributed by atoms with E-state index in [1.807, 2.05) is 0 Å². The number of hydrogen-bond acceptors (Lipinski definition) is 5. The molecule has 0 unspecified atom stereocenters. The molecule has 110 valence electrons. The van der Waals surface area contributed by atoms with Crippen LogP contribution >= 0.6 is 0 Å². The van der Waals surface area contributed by atoms with Crippen LogP contribution in [-0.4, -0.2) is 31.6 Å². The Balaban J connectivity index is 2.17. The highest BCUT2D eigenvalue weighted by Crippen LogP contribution is 2.48. The van der Waals surface area contributed by atoms with Crippen molar-refractivity contribution in [3.05, 3.63) is 34.4 Å². The number of aliphatic hydroxyl groups is 1. The van der Waals surface area contributed by atoms with Crippen molar-refractivity contribution in [2.75, 3.05) is 13.2 Å². The minimum atomic E-state index is -3.92. The first kappa shape index (κ1) is 14.9. The van der Waals surface area contributed by atoms with Gasteiger partial charge in [0.2, 0.25) is 10.0 Å². The van der Waals surface area contributed by atoms with Crippen LogP contribution in [0, 0.1) is 15.5 Å². The predicted octanol–water partition coefficient (Wildman–Crippen LogP) is 1.04. The van der Waals surface area contributed by atoms with Crippen LogP contribution in [0.2, 0.25) is 0 Å². The Morgan fingerprint density at radius 2 is 2.00 bits per heavy atom. The van der Waals surface area contributed by atoms with E-state index in [0.29, 0.717) is 6.42 Å². The first-order valence-electron chi connectivity index (χ1n) is 6.24. The molecule has 1 saturated carbocycles. The standard InChI is InChI=1S/C12H16N2O5S/c15-8-7-12(5-6-12)9-13-20(18,19)11-4-2-1-3-10(11)14(16)17/h1-4,13,15H,5-9H2. The maximum absolute atomic E-state index is 12.2. The van der Waals surface area contributed by atoms with Crippen LogP contribution in [0.5, 0.6) is 0 Å². The topological polar surface area (TPSA) is 110 Å². The third-order valence-corrected chi connectivity index (χ3v) is 5.04. The van der Waals surface area contributed by atoms with Crippen LogP contribution in [0.3, 0.4) is 0 Å². The van der Waals surface area contributed by atoms with Gasteiger partial charge in [-0.3, -0.25) is 10.1 Å². The second-order valence-corrected chi connectivity index (χ2v) is 6.76. The van der Waals surface area contributed by atoms with Gasteiger partial charge in [0.25, 0.3) is 5.69 Å². The summed E-state index contributed by atoms with van der Waals surface area (Å²) in [4.78, 5) is 9.82. The quantitative estimate of drug-likeness (QED) is 0.577. The number of nitro benzene ring substituents is 1. The average molecular weight is 300 g/mol. The molecule has 0 bridgehead atoms. The van der Waals surface area contributed by atoms with E-state index in [2.05, 4.69) is 4.72 Å². The van der Waals surface area contributed by atoms with E-state index in [1.165, 1.54) is 18.2 Å². The second kappa shape index (κ2) is 5.47. The minimum absolute atomic E-state index is 0.00716. The maximum atomic E-state index is 12.2. The SMILES string of the molecule is O=[N+]([O-])c1ccccc1S(=O)(=O)NCC1(CCO)CC1. The Morgan fingerprint density at radius 3 is 2.55 bits per heavy atom. The fourth-order valence-electron chi connectivity index (χ4n) is 2.09. The van der Waals surface area contributed by atoms with Gasteiger partial charge in [0.15, 0.2) is 4.90 Å². The van der Waals surface area contributed by atoms with E-state index in [-0.39, 0.29) is 23.5 Å². The average Bonchev–Trinajstić information content (AvgIpc) is 3.17. The van der Waals surface area contributed by atoms with Crippen LogP contribution in [0.4, 0.5) is 5.69 Å². The number of aliphatic hydroxyl groups excluding tert-OH is 1. The minimum Gasteiger partial charge on any atom is -0.396 e. The van der Waals surface area contributed by atoms with Gasteiger partial charge in [-0.15, -0.1) is 0 Å². The molecule has 1 aliphatic carbocycles. The van der Waals surface area contributed by atoms with Crippen molar-refractivity contribution in [3.8, 4) is 0 Å². The highest BCUT2D eigenvalue weighted by molar-refractivity contribution is 7.89. The number of rotatable bonds is 7. The molecular formula is C12H16N2O5S. The number of sulfonamides is 1. The third-order valence-electron chi connectivity index (χ3n) is 3.59. The fourth-order valence-corrected chi connectivity index (χ4v) is 3.42. The highest BCUT2D eigenvalue weighted by Gasteiger charge is 2.42. The molecule has 0 radical (unpaired) electrons. The van der Waals surface area contributed by atoms with E-state index in [9.17, 15) is 18.5 Å². The predicted molar refractivity (Wildman–Crippen MR) is 71.7 cm³/mol. The zero-order chi connectivity index (χ0) is 14.8. The maximum Gasteiger partial charge on any atom is 0.289 e. The number of nitrogens with one attached hydrogen (secondary N) is 1. The van der Waals surface area contributed by atoms with Gasteiger partial charge in [-0.25, -0.2) is 13.1 Å². The summed E-state index contributed by atoms with van der Waals surface area (Å²) in [6.45, 7) is 0.204. The van der Waals surface area contributed by atoms with Gasteiger partial charge in [0.05, 0.1) is 4.92 Å². The Bertz CT molecular complexity index is 610. The lowest BCUT2D eigenvalue weighted by atomic mass is 10.0. The summed E-state index contributed by atoms with van der Waals surface area (Å²) in [6.07, 6.45) is 2.24. The van der Waals surface area contributed by atoms with Crippen LogP contribution in [0.1, 0.15) is 19.3 Å². The van der Waals surface area contributed by atoms with Crippen molar-refractivity contribution in [1.82, 2.24) is 4.72 Å². The van der Waals surface area contributed by atoms with Gasteiger partial charge >= 0.3 is 0 Å². The molecule has 1 aromatic rings. The summed E-state index contributed by atoms with van der Waals surface area (Å²) in [5.74, 6) is 0. The summed E-state index contributed by atoms with van der Waals surface area (Å²) in [7, 11) is -3.92. The van der Waals surface area contributed by atoms with Crippen molar-refractivity contribution < 1.29 is 18.4 Å². The van der Waals surface area contributed by atoms with Gasteiger partial charge in [0, 0.05) is 19.2 Å². The van der Waals surface area contributed by atoms with Gasteiger partial charge in [-0.1, -0.05) is 12.1 Å². The van der Waals surface area contributed by atoms with E-state index < -0.39 is 20.6 Å². The Labute approximate surface area is 116 Å². The van der Waals surface area contributed by atoms with Crippen molar-refractivity contribution >= 4 is 15.7 Å². The molecule has 0 aromatic heterocycles. The molecule has 8 heteroatoms. The lowest BCUT2D eigenvalue weighted by Crippen LogP contribution is -2.31. The smallest absolute Gasteiger partial charge is 0.289 e.